The summed E-state index contributed by atoms with van der Waals surface area (Å²) in [5.74, 6) is -0.667. The highest BCUT2D eigenvalue weighted by Crippen LogP contribution is 2.23. The molecule has 1 rings (SSSR count). The normalized spacial score (nSPS) is 21.2. The number of carbonyl (C=O) groups excluding carboxylic acids is 2. The van der Waals surface area contributed by atoms with E-state index in [9.17, 15) is 14.7 Å². The molecule has 0 radical (unpaired) electrons. The average molecular weight is 287 g/mol. The van der Waals surface area contributed by atoms with Crippen molar-refractivity contribution in [1.82, 2.24) is 4.90 Å². The smallest absolute Gasteiger partial charge is 0.410 e. The largest absolute Gasteiger partial charge is 0.467 e. The van der Waals surface area contributed by atoms with Gasteiger partial charge in [-0.15, -0.1) is 0 Å². The fraction of sp³-hybridized carbons (Fsp3) is 0.857. The average Bonchev–Trinajstić information content (AvgIpc) is 2.36. The standard InChI is InChI=1S/C14H25NO5/c1-14(2,3)20-13(18)15-8-6-5-7-10(15)9-11(16)12(17)19-4/h10-11,16H,5-9H2,1-4H3. The predicted octanol–water partition coefficient (Wildman–Crippen LogP) is 1.70. The summed E-state index contributed by atoms with van der Waals surface area (Å²) in [6, 6.07) is -0.187. The van der Waals surface area contributed by atoms with Gasteiger partial charge in [0.25, 0.3) is 0 Å². The van der Waals surface area contributed by atoms with E-state index < -0.39 is 17.7 Å². The zero-order chi connectivity index (χ0) is 15.3. The molecule has 0 aromatic heterocycles. The SMILES string of the molecule is COC(=O)C(O)CC1CCCCN1C(=O)OC(C)(C)C. The number of piperidine rings is 1. The van der Waals surface area contributed by atoms with Gasteiger partial charge in [0, 0.05) is 19.0 Å². The summed E-state index contributed by atoms with van der Waals surface area (Å²) in [5.41, 5.74) is -0.556. The molecule has 1 saturated heterocycles. The molecule has 0 bridgehead atoms. The van der Waals surface area contributed by atoms with Crippen molar-refractivity contribution in [3.05, 3.63) is 0 Å². The Bertz CT molecular complexity index is 350. The molecule has 1 heterocycles. The number of hydrogen-bond donors (Lipinski definition) is 1. The minimum atomic E-state index is -1.20. The molecular weight excluding hydrogens is 262 g/mol. The lowest BCUT2D eigenvalue weighted by Gasteiger charge is -2.37. The molecule has 6 nitrogen and oxygen atoms in total. The van der Waals surface area contributed by atoms with Crippen molar-refractivity contribution >= 4 is 12.1 Å². The molecule has 1 N–H and O–H groups in total. The summed E-state index contributed by atoms with van der Waals surface area (Å²) in [4.78, 5) is 25.0. The quantitative estimate of drug-likeness (QED) is 0.800. The van der Waals surface area contributed by atoms with Crippen molar-refractivity contribution < 1.29 is 24.2 Å². The number of hydrogen-bond acceptors (Lipinski definition) is 5. The predicted molar refractivity (Wildman–Crippen MR) is 73.2 cm³/mol. The van der Waals surface area contributed by atoms with E-state index >= 15 is 0 Å². The Labute approximate surface area is 120 Å². The first-order chi connectivity index (χ1) is 9.24. The second-order valence-corrected chi connectivity index (χ2v) is 6.10. The van der Waals surface area contributed by atoms with Gasteiger partial charge in [-0.05, 0) is 40.0 Å². The minimum absolute atomic E-state index is 0.186. The lowest BCUT2D eigenvalue weighted by Crippen LogP contribution is -2.48. The van der Waals surface area contributed by atoms with Gasteiger partial charge in [-0.2, -0.15) is 0 Å². The van der Waals surface area contributed by atoms with Crippen LogP contribution >= 0.6 is 0 Å². The highest BCUT2D eigenvalue weighted by molar-refractivity contribution is 5.74. The van der Waals surface area contributed by atoms with Crippen LogP contribution in [0.25, 0.3) is 0 Å². The second-order valence-electron chi connectivity index (χ2n) is 6.10. The van der Waals surface area contributed by atoms with E-state index in [-0.39, 0.29) is 18.6 Å². The minimum Gasteiger partial charge on any atom is -0.467 e. The van der Waals surface area contributed by atoms with Crippen LogP contribution in [0.3, 0.4) is 0 Å². The van der Waals surface area contributed by atoms with Crippen molar-refractivity contribution in [3.63, 3.8) is 0 Å². The van der Waals surface area contributed by atoms with Gasteiger partial charge in [0.1, 0.15) is 5.60 Å². The summed E-state index contributed by atoms with van der Waals surface area (Å²) >= 11 is 0. The van der Waals surface area contributed by atoms with E-state index in [1.165, 1.54) is 7.11 Å². The molecule has 0 aliphatic carbocycles. The van der Waals surface area contributed by atoms with E-state index in [4.69, 9.17) is 4.74 Å². The first-order valence-corrected chi connectivity index (χ1v) is 7.00. The van der Waals surface area contributed by atoms with Crippen LogP contribution in [0.5, 0.6) is 0 Å². The number of likely N-dealkylation sites (tertiary alicyclic amines) is 1. The van der Waals surface area contributed by atoms with Crippen molar-refractivity contribution in [2.45, 2.75) is 64.2 Å². The zero-order valence-corrected chi connectivity index (χ0v) is 12.7. The van der Waals surface area contributed by atoms with Gasteiger partial charge >= 0.3 is 12.1 Å². The number of aliphatic hydroxyl groups excluding tert-OH is 1. The van der Waals surface area contributed by atoms with E-state index in [2.05, 4.69) is 4.74 Å². The molecule has 1 aliphatic heterocycles. The van der Waals surface area contributed by atoms with Crippen molar-refractivity contribution in [3.8, 4) is 0 Å². The van der Waals surface area contributed by atoms with Gasteiger partial charge in [-0.3, -0.25) is 0 Å². The lowest BCUT2D eigenvalue weighted by molar-refractivity contribution is -0.151. The van der Waals surface area contributed by atoms with Crippen LogP contribution in [-0.2, 0) is 14.3 Å². The molecule has 1 amide bonds. The van der Waals surface area contributed by atoms with Gasteiger partial charge in [-0.1, -0.05) is 0 Å². The molecule has 1 fully saturated rings. The number of nitrogens with zero attached hydrogens (tertiary/aromatic N) is 1. The molecule has 0 saturated carbocycles. The number of carbonyl (C=O) groups is 2. The highest BCUT2D eigenvalue weighted by Gasteiger charge is 2.33. The Morgan fingerprint density at radius 1 is 1.35 bits per heavy atom. The number of rotatable bonds is 3. The number of amides is 1. The van der Waals surface area contributed by atoms with E-state index in [0.717, 1.165) is 19.3 Å². The molecule has 6 heteroatoms. The lowest BCUT2D eigenvalue weighted by atomic mass is 9.97. The molecule has 20 heavy (non-hydrogen) atoms. The van der Waals surface area contributed by atoms with Crippen LogP contribution in [0.2, 0.25) is 0 Å². The van der Waals surface area contributed by atoms with Gasteiger partial charge in [-0.25, -0.2) is 9.59 Å². The summed E-state index contributed by atoms with van der Waals surface area (Å²) < 4.78 is 9.87. The Balaban J connectivity index is 2.67. The van der Waals surface area contributed by atoms with Gasteiger partial charge in [0.2, 0.25) is 0 Å². The topological polar surface area (TPSA) is 76.1 Å². The third-order valence-corrected chi connectivity index (χ3v) is 3.22. The molecule has 1 aliphatic rings. The monoisotopic (exact) mass is 287 g/mol. The molecule has 0 aromatic carbocycles. The van der Waals surface area contributed by atoms with Gasteiger partial charge in [0.05, 0.1) is 7.11 Å². The van der Waals surface area contributed by atoms with E-state index in [1.54, 1.807) is 4.90 Å². The number of ether oxygens (including phenoxy) is 2. The molecule has 2 unspecified atom stereocenters. The second kappa shape index (κ2) is 6.92. The van der Waals surface area contributed by atoms with E-state index in [0.29, 0.717) is 6.54 Å². The third-order valence-electron chi connectivity index (χ3n) is 3.22. The molecular formula is C14H25NO5. The van der Waals surface area contributed by atoms with Crippen LogP contribution in [0.4, 0.5) is 4.79 Å². The fourth-order valence-corrected chi connectivity index (χ4v) is 2.30. The maximum atomic E-state index is 12.2. The van der Waals surface area contributed by atoms with Crippen molar-refractivity contribution in [1.29, 1.82) is 0 Å². The first-order valence-electron chi connectivity index (χ1n) is 7.00. The summed E-state index contributed by atoms with van der Waals surface area (Å²) in [5, 5.41) is 9.75. The van der Waals surface area contributed by atoms with Gasteiger partial charge < -0.3 is 19.5 Å². The number of esters is 1. The summed E-state index contributed by atoms with van der Waals surface area (Å²) in [6.07, 6.45) is 1.23. The van der Waals surface area contributed by atoms with Crippen LogP contribution in [0, 0.1) is 0 Å². The third kappa shape index (κ3) is 5.00. The number of methoxy groups -OCH3 is 1. The molecule has 2 atom stereocenters. The molecule has 116 valence electrons. The van der Waals surface area contributed by atoms with E-state index in [1.807, 2.05) is 20.8 Å². The maximum absolute atomic E-state index is 12.2. The Morgan fingerprint density at radius 3 is 2.55 bits per heavy atom. The van der Waals surface area contributed by atoms with Crippen LogP contribution in [-0.4, -0.2) is 53.5 Å². The Hall–Kier alpha value is -1.30. The maximum Gasteiger partial charge on any atom is 0.410 e. The van der Waals surface area contributed by atoms with Crippen LogP contribution in [0.1, 0.15) is 46.5 Å². The molecule has 0 spiro atoms. The van der Waals surface area contributed by atoms with Gasteiger partial charge in [0.15, 0.2) is 6.10 Å². The summed E-state index contributed by atoms with van der Waals surface area (Å²) in [7, 11) is 1.23. The zero-order valence-electron chi connectivity index (χ0n) is 12.7. The van der Waals surface area contributed by atoms with Crippen LogP contribution < -0.4 is 0 Å². The molecule has 0 aromatic rings. The number of aliphatic hydroxyl groups is 1. The van der Waals surface area contributed by atoms with Crippen molar-refractivity contribution in [2.75, 3.05) is 13.7 Å². The summed E-state index contributed by atoms with van der Waals surface area (Å²) in [6.45, 7) is 6.03. The highest BCUT2D eigenvalue weighted by atomic mass is 16.6. The fourth-order valence-electron chi connectivity index (χ4n) is 2.30. The Morgan fingerprint density at radius 2 is 2.00 bits per heavy atom. The first kappa shape index (κ1) is 16.8. The van der Waals surface area contributed by atoms with Crippen molar-refractivity contribution in [2.24, 2.45) is 0 Å². The Kier molecular flexibility index (Phi) is 5.80. The van der Waals surface area contributed by atoms with Crippen LogP contribution in [0.15, 0.2) is 0 Å².